The fraction of sp³-hybridized carbons (Fsp3) is 0.214. The summed E-state index contributed by atoms with van der Waals surface area (Å²) in [5.41, 5.74) is 6.33. The van der Waals surface area contributed by atoms with E-state index in [4.69, 9.17) is 17.3 Å². The number of nitrogens with one attached hydrogen (secondary N) is 1. The van der Waals surface area contributed by atoms with E-state index >= 15 is 0 Å². The average molecular weight is 327 g/mol. The quantitative estimate of drug-likeness (QED) is 0.829. The molecule has 1 aromatic carbocycles. The van der Waals surface area contributed by atoms with Crippen molar-refractivity contribution in [2.45, 2.75) is 22.1 Å². The number of amides is 1. The maximum absolute atomic E-state index is 12.7. The summed E-state index contributed by atoms with van der Waals surface area (Å²) >= 11 is 6.26. The number of sulfone groups is 1. The van der Waals surface area contributed by atoms with Crippen molar-refractivity contribution in [2.75, 3.05) is 5.32 Å². The Labute approximate surface area is 128 Å². The van der Waals surface area contributed by atoms with Crippen LogP contribution >= 0.6 is 11.6 Å². The Kier molecular flexibility index (Phi) is 4.22. The molecule has 7 heteroatoms. The number of carbonyl (C=O) groups excluding carboxylic acids is 1. The van der Waals surface area contributed by atoms with Gasteiger partial charge in [-0.15, -0.1) is 0 Å². The number of nitrogens with two attached hydrogens (primary N) is 1. The van der Waals surface area contributed by atoms with Gasteiger partial charge in [-0.25, -0.2) is 8.42 Å². The number of rotatable bonds is 3. The molecular formula is C14H15ClN2O3S. The zero-order valence-electron chi connectivity index (χ0n) is 11.3. The van der Waals surface area contributed by atoms with Crippen LogP contribution in [-0.2, 0) is 14.6 Å². The number of halogens is 1. The highest BCUT2D eigenvalue weighted by atomic mass is 35.5. The maximum atomic E-state index is 12.7. The first kappa shape index (κ1) is 15.8. The second-order valence-corrected chi connectivity index (χ2v) is 7.68. The molecule has 3 N–H and O–H groups in total. The summed E-state index contributed by atoms with van der Waals surface area (Å²) in [6.07, 6.45) is 6.12. The second-order valence-electron chi connectivity index (χ2n) is 4.68. The van der Waals surface area contributed by atoms with Gasteiger partial charge in [0.1, 0.15) is 0 Å². The van der Waals surface area contributed by atoms with Crippen molar-refractivity contribution in [1.29, 1.82) is 0 Å². The van der Waals surface area contributed by atoms with E-state index in [9.17, 15) is 13.2 Å². The van der Waals surface area contributed by atoms with E-state index in [0.717, 1.165) is 0 Å². The van der Waals surface area contributed by atoms with E-state index in [-0.39, 0.29) is 10.8 Å². The molecule has 0 saturated carbocycles. The lowest BCUT2D eigenvalue weighted by Gasteiger charge is -2.29. The van der Waals surface area contributed by atoms with Crippen LogP contribution in [-0.4, -0.2) is 24.6 Å². The van der Waals surface area contributed by atoms with Crippen molar-refractivity contribution < 1.29 is 13.2 Å². The summed E-state index contributed by atoms with van der Waals surface area (Å²) in [6.45, 7) is 1.37. The fourth-order valence-electron chi connectivity index (χ4n) is 1.98. The standard InChI is InChI=1S/C14H15ClN2O3S/c1-10(18)17-11-5-7-12(8-6-11)21(19,20)14(15)9-3-2-4-13(14)16/h2-9,13H,16H2,1H3,(H,17,18). The largest absolute Gasteiger partial charge is 0.326 e. The van der Waals surface area contributed by atoms with Gasteiger partial charge in [-0.3, -0.25) is 4.79 Å². The van der Waals surface area contributed by atoms with Gasteiger partial charge >= 0.3 is 0 Å². The molecule has 1 amide bonds. The van der Waals surface area contributed by atoms with Crippen molar-refractivity contribution in [3.8, 4) is 0 Å². The summed E-state index contributed by atoms with van der Waals surface area (Å²) in [7, 11) is -3.87. The van der Waals surface area contributed by atoms with Crippen LogP contribution < -0.4 is 11.1 Å². The first-order valence-electron chi connectivity index (χ1n) is 6.20. The third-order valence-electron chi connectivity index (χ3n) is 3.10. The normalized spacial score (nSPS) is 24.8. The van der Waals surface area contributed by atoms with Gasteiger partial charge in [0.25, 0.3) is 0 Å². The van der Waals surface area contributed by atoms with Gasteiger partial charge in [0, 0.05) is 12.6 Å². The van der Waals surface area contributed by atoms with Crippen LogP contribution in [0.3, 0.4) is 0 Å². The van der Waals surface area contributed by atoms with Gasteiger partial charge < -0.3 is 11.1 Å². The van der Waals surface area contributed by atoms with E-state index in [0.29, 0.717) is 5.69 Å². The van der Waals surface area contributed by atoms with Crippen LogP contribution in [0.1, 0.15) is 6.92 Å². The topological polar surface area (TPSA) is 89.3 Å². The van der Waals surface area contributed by atoms with Gasteiger partial charge in [-0.2, -0.15) is 0 Å². The highest BCUT2D eigenvalue weighted by Crippen LogP contribution is 2.36. The highest BCUT2D eigenvalue weighted by molar-refractivity contribution is 7.94. The molecule has 1 aliphatic rings. The van der Waals surface area contributed by atoms with Crippen molar-refractivity contribution in [2.24, 2.45) is 5.73 Å². The van der Waals surface area contributed by atoms with Crippen LogP contribution in [0.5, 0.6) is 0 Å². The number of alkyl halides is 1. The first-order valence-corrected chi connectivity index (χ1v) is 8.06. The van der Waals surface area contributed by atoms with Crippen LogP contribution in [0.25, 0.3) is 0 Å². The number of carbonyl (C=O) groups is 1. The van der Waals surface area contributed by atoms with Crippen LogP contribution in [0, 0.1) is 0 Å². The Morgan fingerprint density at radius 2 is 1.90 bits per heavy atom. The lowest BCUT2D eigenvalue weighted by atomic mass is 10.1. The minimum Gasteiger partial charge on any atom is -0.326 e. The SMILES string of the molecule is CC(=O)Nc1ccc(S(=O)(=O)C2(Cl)C=CC=CC2N)cc1. The van der Waals surface area contributed by atoms with Crippen LogP contribution in [0.2, 0.25) is 0 Å². The summed E-state index contributed by atoms with van der Waals surface area (Å²) in [6, 6.07) is 4.95. The molecular weight excluding hydrogens is 312 g/mol. The molecule has 0 bridgehead atoms. The molecule has 2 rings (SSSR count). The molecule has 21 heavy (non-hydrogen) atoms. The summed E-state index contributed by atoms with van der Waals surface area (Å²) in [5.74, 6) is -0.234. The first-order chi connectivity index (χ1) is 9.77. The van der Waals surface area contributed by atoms with Crippen molar-refractivity contribution in [1.82, 2.24) is 0 Å². The van der Waals surface area contributed by atoms with E-state index in [1.165, 1.54) is 43.3 Å². The molecule has 5 nitrogen and oxygen atoms in total. The predicted octanol–water partition coefficient (Wildman–Crippen LogP) is 1.81. The molecule has 1 aromatic rings. The lowest BCUT2D eigenvalue weighted by molar-refractivity contribution is -0.114. The number of benzene rings is 1. The molecule has 0 spiro atoms. The molecule has 0 aliphatic heterocycles. The molecule has 0 heterocycles. The summed E-state index contributed by atoms with van der Waals surface area (Å²) in [5, 5.41) is 2.56. The smallest absolute Gasteiger partial charge is 0.221 e. The molecule has 0 radical (unpaired) electrons. The van der Waals surface area contributed by atoms with Gasteiger partial charge in [-0.05, 0) is 30.3 Å². The Bertz CT molecular complexity index is 710. The second kappa shape index (κ2) is 5.63. The van der Waals surface area contributed by atoms with Gasteiger partial charge in [-0.1, -0.05) is 29.8 Å². The Balaban J connectivity index is 2.38. The zero-order valence-corrected chi connectivity index (χ0v) is 12.9. The third kappa shape index (κ3) is 2.88. The van der Waals surface area contributed by atoms with Crippen molar-refractivity contribution in [3.05, 3.63) is 48.6 Å². The van der Waals surface area contributed by atoms with E-state index in [1.54, 1.807) is 12.2 Å². The number of allylic oxidation sites excluding steroid dienone is 2. The zero-order chi connectivity index (χ0) is 15.7. The van der Waals surface area contributed by atoms with Crippen LogP contribution in [0.15, 0.2) is 53.5 Å². The Morgan fingerprint density at radius 3 is 2.43 bits per heavy atom. The average Bonchev–Trinajstić information content (AvgIpc) is 2.42. The number of hydrogen-bond acceptors (Lipinski definition) is 4. The third-order valence-corrected chi connectivity index (χ3v) is 6.22. The highest BCUT2D eigenvalue weighted by Gasteiger charge is 2.46. The van der Waals surface area contributed by atoms with E-state index < -0.39 is 20.1 Å². The molecule has 0 aromatic heterocycles. The molecule has 112 valence electrons. The summed E-state index contributed by atoms with van der Waals surface area (Å²) in [4.78, 5) is 11.0. The van der Waals surface area contributed by atoms with E-state index in [1.807, 2.05) is 0 Å². The molecule has 2 atom stereocenters. The number of hydrogen-bond donors (Lipinski definition) is 2. The van der Waals surface area contributed by atoms with Gasteiger partial charge in [0.05, 0.1) is 10.9 Å². The van der Waals surface area contributed by atoms with Gasteiger partial charge in [0.2, 0.25) is 15.7 Å². The monoisotopic (exact) mass is 326 g/mol. The Hall–Kier alpha value is -1.63. The van der Waals surface area contributed by atoms with Crippen molar-refractivity contribution >= 4 is 33.0 Å². The number of anilines is 1. The molecule has 1 aliphatic carbocycles. The fourth-order valence-corrected chi connectivity index (χ4v) is 3.95. The molecule has 0 fully saturated rings. The summed E-state index contributed by atoms with van der Waals surface area (Å²) < 4.78 is 23.6. The predicted molar refractivity (Wildman–Crippen MR) is 82.8 cm³/mol. The van der Waals surface area contributed by atoms with Crippen molar-refractivity contribution in [3.63, 3.8) is 0 Å². The lowest BCUT2D eigenvalue weighted by Crippen LogP contribution is -2.47. The van der Waals surface area contributed by atoms with Gasteiger partial charge in [0.15, 0.2) is 4.21 Å². The van der Waals surface area contributed by atoms with E-state index in [2.05, 4.69) is 5.32 Å². The minimum atomic E-state index is -3.87. The maximum Gasteiger partial charge on any atom is 0.221 e. The molecule has 0 saturated heterocycles. The van der Waals surface area contributed by atoms with Crippen LogP contribution in [0.4, 0.5) is 5.69 Å². The minimum absolute atomic E-state index is 0.0435. The molecule has 2 unspecified atom stereocenters. The Morgan fingerprint density at radius 1 is 1.29 bits per heavy atom.